The SMILES string of the molecule is CN1C=C2C(=O)N(C3CCN(C(=O)C(NC(=O)Nc4ccc(Cl)cc4)C4(O)CCCCC4)CC3)CN2C1. The molecule has 3 N–H and O–H groups in total. The molecule has 37 heavy (non-hydrogen) atoms. The number of nitrogens with zero attached hydrogens (tertiary/aromatic N) is 4. The number of aliphatic hydroxyl groups is 1. The van der Waals surface area contributed by atoms with Gasteiger partial charge in [-0.05, 0) is 49.9 Å². The van der Waals surface area contributed by atoms with Gasteiger partial charge in [0.25, 0.3) is 5.91 Å². The summed E-state index contributed by atoms with van der Waals surface area (Å²) in [6, 6.07) is 5.16. The predicted octanol–water partition coefficient (Wildman–Crippen LogP) is 2.36. The maximum Gasteiger partial charge on any atom is 0.319 e. The molecule has 0 aromatic heterocycles. The van der Waals surface area contributed by atoms with E-state index in [4.69, 9.17) is 11.6 Å². The molecule has 1 unspecified atom stereocenters. The predicted molar refractivity (Wildman–Crippen MR) is 139 cm³/mol. The van der Waals surface area contributed by atoms with E-state index in [1.165, 1.54) is 0 Å². The molecule has 0 radical (unpaired) electrons. The van der Waals surface area contributed by atoms with Gasteiger partial charge in [-0.3, -0.25) is 9.59 Å². The Morgan fingerprint density at radius 1 is 1.08 bits per heavy atom. The van der Waals surface area contributed by atoms with Gasteiger partial charge in [-0.2, -0.15) is 0 Å². The van der Waals surface area contributed by atoms with E-state index >= 15 is 0 Å². The number of piperidine rings is 1. The van der Waals surface area contributed by atoms with Crippen LogP contribution in [0.4, 0.5) is 10.5 Å². The minimum Gasteiger partial charge on any atom is -0.387 e. The fraction of sp³-hybridized carbons (Fsp3) is 0.577. The van der Waals surface area contributed by atoms with Gasteiger partial charge in [0.2, 0.25) is 5.91 Å². The second kappa shape index (κ2) is 10.4. The highest BCUT2D eigenvalue weighted by molar-refractivity contribution is 6.30. The van der Waals surface area contributed by atoms with Gasteiger partial charge in [0.15, 0.2) is 0 Å². The van der Waals surface area contributed by atoms with Crippen LogP contribution in [-0.4, -0.2) is 93.7 Å². The molecule has 4 aliphatic rings. The topological polar surface area (TPSA) is 108 Å². The van der Waals surface area contributed by atoms with E-state index in [1.54, 1.807) is 29.2 Å². The molecule has 1 aromatic carbocycles. The summed E-state index contributed by atoms with van der Waals surface area (Å²) < 4.78 is 0. The quantitative estimate of drug-likeness (QED) is 0.539. The van der Waals surface area contributed by atoms with Crippen molar-refractivity contribution in [2.75, 3.05) is 38.8 Å². The Balaban J connectivity index is 1.24. The molecule has 0 spiro atoms. The van der Waals surface area contributed by atoms with Crippen LogP contribution < -0.4 is 10.6 Å². The zero-order valence-corrected chi connectivity index (χ0v) is 21.9. The van der Waals surface area contributed by atoms with Crippen molar-refractivity contribution < 1.29 is 19.5 Å². The summed E-state index contributed by atoms with van der Waals surface area (Å²) in [6.45, 7) is 2.22. The Labute approximate surface area is 222 Å². The van der Waals surface area contributed by atoms with Crippen molar-refractivity contribution in [2.24, 2.45) is 0 Å². The number of carbonyl (C=O) groups is 3. The Morgan fingerprint density at radius 2 is 1.76 bits per heavy atom. The molecule has 3 heterocycles. The van der Waals surface area contributed by atoms with E-state index in [-0.39, 0.29) is 17.9 Å². The zero-order valence-electron chi connectivity index (χ0n) is 21.2. The third kappa shape index (κ3) is 5.36. The maximum absolute atomic E-state index is 13.7. The molecule has 200 valence electrons. The minimum atomic E-state index is -1.29. The smallest absolute Gasteiger partial charge is 0.319 e. The number of benzene rings is 1. The largest absolute Gasteiger partial charge is 0.387 e. The molecule has 2 saturated heterocycles. The lowest BCUT2D eigenvalue weighted by Gasteiger charge is -2.43. The number of rotatable bonds is 5. The summed E-state index contributed by atoms with van der Waals surface area (Å²) in [6.07, 6.45) is 6.75. The van der Waals surface area contributed by atoms with Gasteiger partial charge in [-0.15, -0.1) is 0 Å². The third-order valence-electron chi connectivity index (χ3n) is 7.98. The zero-order chi connectivity index (χ0) is 26.2. The van der Waals surface area contributed by atoms with Gasteiger partial charge < -0.3 is 35.3 Å². The van der Waals surface area contributed by atoms with Crippen LogP contribution >= 0.6 is 11.6 Å². The number of hydrogen-bond acceptors (Lipinski definition) is 6. The number of carbonyl (C=O) groups excluding carboxylic acids is 3. The summed E-state index contributed by atoms with van der Waals surface area (Å²) >= 11 is 5.93. The van der Waals surface area contributed by atoms with E-state index in [0.717, 1.165) is 25.0 Å². The Kier molecular flexibility index (Phi) is 7.22. The van der Waals surface area contributed by atoms with Crippen LogP contribution in [0.1, 0.15) is 44.9 Å². The lowest BCUT2D eigenvalue weighted by atomic mass is 9.78. The molecule has 5 rings (SSSR count). The van der Waals surface area contributed by atoms with Gasteiger partial charge >= 0.3 is 6.03 Å². The van der Waals surface area contributed by atoms with Crippen molar-refractivity contribution >= 4 is 35.1 Å². The number of likely N-dealkylation sites (tertiary alicyclic amines) is 1. The van der Waals surface area contributed by atoms with E-state index in [1.807, 2.05) is 23.0 Å². The van der Waals surface area contributed by atoms with Crippen LogP contribution in [0.3, 0.4) is 0 Å². The second-order valence-corrected chi connectivity index (χ2v) is 11.1. The van der Waals surface area contributed by atoms with E-state index in [9.17, 15) is 19.5 Å². The monoisotopic (exact) mass is 530 g/mol. The summed E-state index contributed by atoms with van der Waals surface area (Å²) in [7, 11) is 1.95. The van der Waals surface area contributed by atoms with Crippen LogP contribution in [-0.2, 0) is 9.59 Å². The first-order valence-electron chi connectivity index (χ1n) is 13.1. The Morgan fingerprint density at radius 3 is 2.41 bits per heavy atom. The van der Waals surface area contributed by atoms with Crippen LogP contribution in [0.5, 0.6) is 0 Å². The molecule has 3 fully saturated rings. The van der Waals surface area contributed by atoms with Gasteiger partial charge in [0.1, 0.15) is 11.7 Å². The average molecular weight is 531 g/mol. The summed E-state index contributed by atoms with van der Waals surface area (Å²) in [5.41, 5.74) is -0.0179. The van der Waals surface area contributed by atoms with E-state index < -0.39 is 17.7 Å². The van der Waals surface area contributed by atoms with Crippen molar-refractivity contribution in [1.29, 1.82) is 0 Å². The highest BCUT2D eigenvalue weighted by atomic mass is 35.5. The Bertz CT molecular complexity index is 1070. The van der Waals surface area contributed by atoms with Crippen LogP contribution in [0.2, 0.25) is 5.02 Å². The molecule has 1 atom stereocenters. The molecule has 3 aliphatic heterocycles. The molecule has 0 bridgehead atoms. The summed E-state index contributed by atoms with van der Waals surface area (Å²) in [4.78, 5) is 47.2. The number of fused-ring (bicyclic) bond motifs is 1. The Hall–Kier alpha value is -2.98. The van der Waals surface area contributed by atoms with Crippen molar-refractivity contribution in [2.45, 2.75) is 62.6 Å². The van der Waals surface area contributed by atoms with Gasteiger partial charge in [-0.25, -0.2) is 4.79 Å². The van der Waals surface area contributed by atoms with E-state index in [0.29, 0.717) is 62.8 Å². The fourth-order valence-electron chi connectivity index (χ4n) is 5.96. The maximum atomic E-state index is 13.7. The molecule has 1 aliphatic carbocycles. The molecular formula is C26H35ClN6O4. The molecule has 10 nitrogen and oxygen atoms in total. The van der Waals surface area contributed by atoms with Gasteiger partial charge in [-0.1, -0.05) is 30.9 Å². The second-order valence-electron chi connectivity index (χ2n) is 10.6. The summed E-state index contributed by atoms with van der Waals surface area (Å²) in [5, 5.41) is 17.6. The van der Waals surface area contributed by atoms with Crippen LogP contribution in [0, 0.1) is 0 Å². The molecular weight excluding hydrogens is 496 g/mol. The average Bonchev–Trinajstić information content (AvgIpc) is 3.40. The number of hydrogen-bond donors (Lipinski definition) is 3. The number of nitrogens with one attached hydrogen (secondary N) is 2. The minimum absolute atomic E-state index is 0.0454. The highest BCUT2D eigenvalue weighted by Crippen LogP contribution is 2.33. The number of amides is 4. The molecule has 1 saturated carbocycles. The lowest BCUT2D eigenvalue weighted by Crippen LogP contribution is -2.63. The van der Waals surface area contributed by atoms with Crippen molar-refractivity contribution in [3.8, 4) is 0 Å². The van der Waals surface area contributed by atoms with Crippen molar-refractivity contribution in [1.82, 2.24) is 24.9 Å². The number of urea groups is 1. The van der Waals surface area contributed by atoms with Gasteiger partial charge in [0.05, 0.1) is 18.9 Å². The normalized spacial score (nSPS) is 22.6. The molecule has 11 heteroatoms. The fourth-order valence-corrected chi connectivity index (χ4v) is 6.08. The van der Waals surface area contributed by atoms with Crippen molar-refractivity contribution in [3.05, 3.63) is 41.2 Å². The number of halogens is 1. The van der Waals surface area contributed by atoms with Crippen LogP contribution in [0.25, 0.3) is 0 Å². The standard InChI is InChI=1S/C26H35ClN6O4/c1-30-15-21-23(34)33(17-32(21)16-30)20-9-13-31(14-10-20)24(35)22(26(37)11-3-2-4-12-26)29-25(36)28-19-7-5-18(27)6-8-19/h5-8,15,20,22,37H,2-4,9-14,16-17H2,1H3,(H2,28,29,36). The lowest BCUT2D eigenvalue weighted by molar-refractivity contribution is -0.144. The first kappa shape index (κ1) is 25.7. The van der Waals surface area contributed by atoms with Crippen molar-refractivity contribution in [3.63, 3.8) is 0 Å². The van der Waals surface area contributed by atoms with Gasteiger partial charge in [0, 0.05) is 43.1 Å². The number of anilines is 1. The summed E-state index contributed by atoms with van der Waals surface area (Å²) in [5.74, 6) is -0.226. The first-order chi connectivity index (χ1) is 17.7. The van der Waals surface area contributed by atoms with Crippen LogP contribution in [0.15, 0.2) is 36.2 Å². The third-order valence-corrected chi connectivity index (χ3v) is 8.23. The first-order valence-corrected chi connectivity index (χ1v) is 13.4. The molecule has 4 amide bonds. The highest BCUT2D eigenvalue weighted by Gasteiger charge is 2.46. The molecule has 1 aromatic rings. The van der Waals surface area contributed by atoms with E-state index in [2.05, 4.69) is 15.5 Å².